The van der Waals surface area contributed by atoms with Gasteiger partial charge in [-0.1, -0.05) is 15.9 Å². The average molecular weight is 333 g/mol. The van der Waals surface area contributed by atoms with Crippen molar-refractivity contribution >= 4 is 15.9 Å². The number of halogens is 1. The van der Waals surface area contributed by atoms with E-state index < -0.39 is 29.7 Å². The first-order valence-corrected chi connectivity index (χ1v) is 6.55. The van der Waals surface area contributed by atoms with E-state index in [4.69, 9.17) is 9.47 Å². The van der Waals surface area contributed by atoms with Gasteiger partial charge >= 0.3 is 5.69 Å². The SMILES string of the molecule is O=c1ccn([C@H]2C[C@H](O)[C@@H](COC=CBr)O2)c(=O)[nH]1. The number of aromatic amines is 1. The van der Waals surface area contributed by atoms with Crippen molar-refractivity contribution in [2.24, 2.45) is 0 Å². The second-order valence-electron chi connectivity index (χ2n) is 4.05. The summed E-state index contributed by atoms with van der Waals surface area (Å²) in [6.45, 7) is 0.178. The number of hydrogen-bond acceptors (Lipinski definition) is 5. The fourth-order valence-corrected chi connectivity index (χ4v) is 2.03. The van der Waals surface area contributed by atoms with Crippen molar-refractivity contribution in [3.05, 3.63) is 44.3 Å². The van der Waals surface area contributed by atoms with E-state index in [1.807, 2.05) is 0 Å². The van der Waals surface area contributed by atoms with Gasteiger partial charge in [-0.25, -0.2) is 4.79 Å². The average Bonchev–Trinajstić information content (AvgIpc) is 2.71. The van der Waals surface area contributed by atoms with Crippen molar-refractivity contribution < 1.29 is 14.6 Å². The summed E-state index contributed by atoms with van der Waals surface area (Å²) < 4.78 is 11.9. The minimum absolute atomic E-state index is 0.178. The van der Waals surface area contributed by atoms with Crippen LogP contribution in [0.15, 0.2) is 33.1 Å². The maximum absolute atomic E-state index is 11.6. The van der Waals surface area contributed by atoms with E-state index >= 15 is 0 Å². The van der Waals surface area contributed by atoms with Crippen LogP contribution in [0.1, 0.15) is 12.6 Å². The molecule has 1 aromatic heterocycles. The van der Waals surface area contributed by atoms with Crippen LogP contribution in [-0.2, 0) is 9.47 Å². The molecule has 0 bridgehead atoms. The first-order chi connectivity index (χ1) is 9.11. The largest absolute Gasteiger partial charge is 0.498 e. The van der Waals surface area contributed by atoms with Crippen LogP contribution in [-0.4, -0.2) is 33.5 Å². The Morgan fingerprint density at radius 3 is 3.11 bits per heavy atom. The molecule has 0 aliphatic carbocycles. The number of ether oxygens (including phenoxy) is 2. The van der Waals surface area contributed by atoms with E-state index in [1.54, 1.807) is 0 Å². The fraction of sp³-hybridized carbons (Fsp3) is 0.455. The molecule has 2 N–H and O–H groups in total. The molecule has 104 valence electrons. The Labute approximate surface area is 116 Å². The van der Waals surface area contributed by atoms with E-state index in [0.29, 0.717) is 0 Å². The van der Waals surface area contributed by atoms with Gasteiger partial charge < -0.3 is 14.6 Å². The number of nitrogens with zero attached hydrogens (tertiary/aromatic N) is 1. The standard InChI is InChI=1S/C11H13BrN2O5/c12-2-4-18-6-8-7(15)5-10(19-8)14-3-1-9(16)13-11(14)17/h1-4,7-8,10,15H,5-6H2,(H,13,16,17)/t7-,8+,10+/m0/s1. The normalized spacial score (nSPS) is 26.9. The zero-order chi connectivity index (χ0) is 13.8. The first-order valence-electron chi connectivity index (χ1n) is 5.63. The summed E-state index contributed by atoms with van der Waals surface area (Å²) in [5.41, 5.74) is -1.03. The van der Waals surface area contributed by atoms with Gasteiger partial charge in [0.1, 0.15) is 18.9 Å². The molecule has 1 aliphatic heterocycles. The van der Waals surface area contributed by atoms with Gasteiger partial charge in [-0.15, -0.1) is 0 Å². The Balaban J connectivity index is 2.07. The van der Waals surface area contributed by atoms with Gasteiger partial charge in [0.25, 0.3) is 5.56 Å². The molecule has 0 saturated carbocycles. The molecular weight excluding hydrogens is 320 g/mol. The van der Waals surface area contributed by atoms with Gasteiger partial charge in [-0.05, 0) is 0 Å². The molecule has 2 heterocycles. The van der Waals surface area contributed by atoms with Crippen molar-refractivity contribution in [3.8, 4) is 0 Å². The van der Waals surface area contributed by atoms with Crippen molar-refractivity contribution in [3.63, 3.8) is 0 Å². The molecule has 2 rings (SSSR count). The Hall–Kier alpha value is -1.38. The minimum atomic E-state index is -0.729. The number of aliphatic hydroxyl groups is 1. The highest BCUT2D eigenvalue weighted by Crippen LogP contribution is 2.27. The summed E-state index contributed by atoms with van der Waals surface area (Å²) in [5.74, 6) is 0. The van der Waals surface area contributed by atoms with Gasteiger partial charge in [0, 0.05) is 23.7 Å². The molecule has 0 amide bonds. The van der Waals surface area contributed by atoms with Crippen LogP contribution in [0.25, 0.3) is 0 Å². The smallest absolute Gasteiger partial charge is 0.330 e. The Morgan fingerprint density at radius 2 is 2.42 bits per heavy atom. The summed E-state index contributed by atoms with van der Waals surface area (Å²) in [6, 6.07) is 1.23. The topological polar surface area (TPSA) is 93.6 Å². The molecule has 0 aromatic carbocycles. The molecule has 7 nitrogen and oxygen atoms in total. The van der Waals surface area contributed by atoms with Crippen LogP contribution < -0.4 is 11.2 Å². The third kappa shape index (κ3) is 3.34. The second kappa shape index (κ2) is 6.18. The summed E-state index contributed by atoms with van der Waals surface area (Å²) in [6.07, 6.45) is 1.18. The molecule has 0 spiro atoms. The summed E-state index contributed by atoms with van der Waals surface area (Å²) in [7, 11) is 0. The number of hydrogen-bond donors (Lipinski definition) is 2. The molecule has 0 radical (unpaired) electrons. The van der Waals surface area contributed by atoms with Crippen molar-refractivity contribution in [2.45, 2.75) is 24.9 Å². The molecule has 3 atom stereocenters. The van der Waals surface area contributed by atoms with E-state index in [2.05, 4.69) is 20.9 Å². The molecule has 8 heteroatoms. The number of aromatic nitrogens is 2. The van der Waals surface area contributed by atoms with Gasteiger partial charge in [-0.3, -0.25) is 14.3 Å². The van der Waals surface area contributed by atoms with Crippen LogP contribution in [0, 0.1) is 0 Å². The molecular formula is C11H13BrN2O5. The fourth-order valence-electron chi connectivity index (χ4n) is 1.88. The number of rotatable bonds is 4. The summed E-state index contributed by atoms with van der Waals surface area (Å²) in [4.78, 5) is 26.2. The van der Waals surface area contributed by atoms with Crippen LogP contribution in [0.2, 0.25) is 0 Å². The van der Waals surface area contributed by atoms with Crippen LogP contribution in [0.5, 0.6) is 0 Å². The minimum Gasteiger partial charge on any atom is -0.498 e. The zero-order valence-electron chi connectivity index (χ0n) is 9.86. The predicted octanol–water partition coefficient (Wildman–Crippen LogP) is 0.0677. The van der Waals surface area contributed by atoms with Crippen LogP contribution in [0.3, 0.4) is 0 Å². The van der Waals surface area contributed by atoms with Gasteiger partial charge in [0.2, 0.25) is 0 Å². The zero-order valence-corrected chi connectivity index (χ0v) is 11.4. The highest BCUT2D eigenvalue weighted by Gasteiger charge is 2.35. The third-order valence-corrected chi connectivity index (χ3v) is 2.99. The number of aliphatic hydroxyl groups excluding tert-OH is 1. The molecule has 0 unspecified atom stereocenters. The van der Waals surface area contributed by atoms with E-state index in [9.17, 15) is 14.7 Å². The summed E-state index contributed by atoms with van der Waals surface area (Å²) in [5, 5.41) is 9.84. The maximum Gasteiger partial charge on any atom is 0.330 e. The van der Waals surface area contributed by atoms with Crippen molar-refractivity contribution in [1.29, 1.82) is 0 Å². The second-order valence-corrected chi connectivity index (χ2v) is 4.57. The highest BCUT2D eigenvalue weighted by atomic mass is 79.9. The van der Waals surface area contributed by atoms with Gasteiger partial charge in [0.05, 0.1) is 12.4 Å². The number of nitrogens with one attached hydrogen (secondary N) is 1. The van der Waals surface area contributed by atoms with E-state index in [0.717, 1.165) is 0 Å². The third-order valence-electron chi connectivity index (χ3n) is 2.77. The molecule has 1 saturated heterocycles. The lowest BCUT2D eigenvalue weighted by atomic mass is 10.2. The monoisotopic (exact) mass is 332 g/mol. The highest BCUT2D eigenvalue weighted by molar-refractivity contribution is 9.11. The molecule has 1 fully saturated rings. The van der Waals surface area contributed by atoms with E-state index in [1.165, 1.54) is 28.1 Å². The van der Waals surface area contributed by atoms with Crippen molar-refractivity contribution in [2.75, 3.05) is 6.61 Å². The molecule has 19 heavy (non-hydrogen) atoms. The lowest BCUT2D eigenvalue weighted by Crippen LogP contribution is -2.31. The lowest BCUT2D eigenvalue weighted by molar-refractivity contribution is -0.0484. The van der Waals surface area contributed by atoms with E-state index in [-0.39, 0.29) is 13.0 Å². The quantitative estimate of drug-likeness (QED) is 0.761. The van der Waals surface area contributed by atoms with Gasteiger partial charge in [-0.2, -0.15) is 0 Å². The van der Waals surface area contributed by atoms with Crippen LogP contribution >= 0.6 is 15.9 Å². The van der Waals surface area contributed by atoms with Crippen molar-refractivity contribution in [1.82, 2.24) is 9.55 Å². The first kappa shape index (κ1) is 14.0. The summed E-state index contributed by atoms with van der Waals surface area (Å²) >= 11 is 3.05. The van der Waals surface area contributed by atoms with Crippen LogP contribution in [0.4, 0.5) is 0 Å². The van der Waals surface area contributed by atoms with Gasteiger partial charge in [0.15, 0.2) is 0 Å². The lowest BCUT2D eigenvalue weighted by Gasteiger charge is -2.15. The Bertz CT molecular complexity index is 567. The Morgan fingerprint density at radius 1 is 1.63 bits per heavy atom. The maximum atomic E-state index is 11.6. The molecule has 1 aliphatic rings. The molecule has 1 aromatic rings. The number of H-pyrrole nitrogens is 1. The Kier molecular flexibility index (Phi) is 4.56. The predicted molar refractivity (Wildman–Crippen MR) is 69.9 cm³/mol.